The average Bonchev–Trinajstić information content (AvgIpc) is 1.89. The second-order valence-corrected chi connectivity index (χ2v) is 1.92. The molecule has 0 aliphatic carbocycles. The Labute approximate surface area is 60.1 Å². The lowest BCUT2D eigenvalue weighted by molar-refractivity contribution is 0.0998. The van der Waals surface area contributed by atoms with E-state index in [4.69, 9.17) is 21.4 Å². The Morgan fingerprint density at radius 2 is 2.44 bits per heavy atom. The van der Waals surface area contributed by atoms with E-state index in [-0.39, 0.29) is 12.5 Å². The molecule has 0 heterocycles. The Kier molecular flexibility index (Phi) is 5.78. The molecule has 0 bridgehead atoms. The van der Waals surface area contributed by atoms with Gasteiger partial charge in [-0.25, -0.2) is 0 Å². The summed E-state index contributed by atoms with van der Waals surface area (Å²) in [5.74, 6) is 0.220. The first-order chi connectivity index (χ1) is 4.31. The molecule has 0 aliphatic heterocycles. The van der Waals surface area contributed by atoms with Crippen LogP contribution in [0.4, 0.5) is 0 Å². The van der Waals surface area contributed by atoms with Crippen molar-refractivity contribution in [3.63, 3.8) is 0 Å². The molecule has 54 valence electrons. The highest BCUT2D eigenvalue weighted by atomic mass is 35.5. The van der Waals surface area contributed by atoms with Crippen molar-refractivity contribution >= 4 is 11.6 Å². The van der Waals surface area contributed by atoms with Gasteiger partial charge in [-0.3, -0.25) is 0 Å². The van der Waals surface area contributed by atoms with Crippen LogP contribution in [-0.2, 0) is 4.74 Å². The zero-order chi connectivity index (χ0) is 7.11. The molecule has 0 saturated carbocycles. The van der Waals surface area contributed by atoms with Crippen LogP contribution in [0.15, 0.2) is 12.3 Å². The fourth-order valence-electron chi connectivity index (χ4n) is 0.307. The lowest BCUT2D eigenvalue weighted by atomic mass is 10.4. The van der Waals surface area contributed by atoms with Gasteiger partial charge in [0.05, 0.1) is 12.1 Å². The molecule has 1 N–H and O–H groups in total. The van der Waals surface area contributed by atoms with Crippen molar-refractivity contribution in [2.75, 3.05) is 12.5 Å². The molecular weight excluding hydrogens is 140 g/mol. The van der Waals surface area contributed by atoms with Gasteiger partial charge in [0.2, 0.25) is 0 Å². The lowest BCUT2D eigenvalue weighted by Gasteiger charge is -2.03. The van der Waals surface area contributed by atoms with Crippen LogP contribution in [0.5, 0.6) is 0 Å². The van der Waals surface area contributed by atoms with Crippen LogP contribution in [0, 0.1) is 0 Å². The van der Waals surface area contributed by atoms with Crippen LogP contribution in [0.3, 0.4) is 0 Å². The van der Waals surface area contributed by atoms with Gasteiger partial charge in [0.25, 0.3) is 0 Å². The number of halogens is 1. The maximum atomic E-state index is 8.79. The van der Waals surface area contributed by atoms with Crippen LogP contribution in [0.2, 0.25) is 0 Å². The molecule has 3 heteroatoms. The number of hydrogen-bond acceptors (Lipinski definition) is 2. The largest absolute Gasteiger partial charge is 0.499 e. The average molecular weight is 151 g/mol. The van der Waals surface area contributed by atoms with E-state index in [2.05, 4.69) is 0 Å². The number of hydrogen-bond donors (Lipinski definition) is 1. The minimum Gasteiger partial charge on any atom is -0.499 e. The summed E-state index contributed by atoms with van der Waals surface area (Å²) in [4.78, 5) is 0. The van der Waals surface area contributed by atoms with Crippen molar-refractivity contribution in [3.8, 4) is 0 Å². The molecule has 0 aliphatic rings. The maximum absolute atomic E-state index is 8.79. The van der Waals surface area contributed by atoms with Crippen molar-refractivity contribution in [3.05, 3.63) is 12.3 Å². The monoisotopic (exact) mass is 150 g/mol. The topological polar surface area (TPSA) is 29.5 Å². The minimum atomic E-state index is -0.553. The summed E-state index contributed by atoms with van der Waals surface area (Å²) >= 11 is 5.28. The van der Waals surface area contributed by atoms with Gasteiger partial charge < -0.3 is 9.84 Å². The van der Waals surface area contributed by atoms with Gasteiger partial charge >= 0.3 is 0 Å². The molecule has 0 radical (unpaired) electrons. The first kappa shape index (κ1) is 8.79. The van der Waals surface area contributed by atoms with E-state index in [0.717, 1.165) is 0 Å². The molecule has 0 saturated heterocycles. The molecule has 0 spiro atoms. The predicted molar refractivity (Wildman–Crippen MR) is 37.5 cm³/mol. The first-order valence-corrected chi connectivity index (χ1v) is 3.31. The lowest BCUT2D eigenvalue weighted by Crippen LogP contribution is -2.14. The van der Waals surface area contributed by atoms with Gasteiger partial charge in [-0.15, -0.1) is 11.6 Å². The van der Waals surface area contributed by atoms with Gasteiger partial charge in [0.1, 0.15) is 12.7 Å². The van der Waals surface area contributed by atoms with Crippen LogP contribution in [-0.4, -0.2) is 23.7 Å². The summed E-state index contributed by atoms with van der Waals surface area (Å²) < 4.78 is 4.82. The van der Waals surface area contributed by atoms with E-state index >= 15 is 0 Å². The second kappa shape index (κ2) is 5.92. The molecule has 0 fully saturated rings. The SMILES string of the molecule is C/C=C/OCC(O)CCl. The molecule has 0 aromatic heterocycles. The number of ether oxygens (including phenoxy) is 1. The molecule has 1 unspecified atom stereocenters. The fourth-order valence-corrected chi connectivity index (χ4v) is 0.396. The molecule has 9 heavy (non-hydrogen) atoms. The van der Waals surface area contributed by atoms with Crippen LogP contribution >= 0.6 is 11.6 Å². The summed E-state index contributed by atoms with van der Waals surface area (Å²) in [6.07, 6.45) is 2.72. The highest BCUT2D eigenvalue weighted by Crippen LogP contribution is 1.88. The summed E-state index contributed by atoms with van der Waals surface area (Å²) in [6.45, 7) is 2.11. The third kappa shape index (κ3) is 5.66. The zero-order valence-corrected chi connectivity index (χ0v) is 6.14. The number of aliphatic hydroxyl groups excluding tert-OH is 1. The van der Waals surface area contributed by atoms with E-state index in [0.29, 0.717) is 0 Å². The molecule has 2 nitrogen and oxygen atoms in total. The Morgan fingerprint density at radius 3 is 2.89 bits per heavy atom. The molecule has 0 aromatic rings. The molecule has 0 aromatic carbocycles. The third-order valence-electron chi connectivity index (χ3n) is 0.699. The van der Waals surface area contributed by atoms with Crippen molar-refractivity contribution in [2.45, 2.75) is 13.0 Å². The summed E-state index contributed by atoms with van der Waals surface area (Å²) in [5, 5.41) is 8.79. The highest BCUT2D eigenvalue weighted by molar-refractivity contribution is 6.18. The van der Waals surface area contributed by atoms with Crippen LogP contribution in [0.25, 0.3) is 0 Å². The summed E-state index contributed by atoms with van der Waals surface area (Å²) in [7, 11) is 0. The van der Waals surface area contributed by atoms with Gasteiger partial charge in [0, 0.05) is 0 Å². The molecule has 1 atom stereocenters. The van der Waals surface area contributed by atoms with Crippen molar-refractivity contribution in [1.29, 1.82) is 0 Å². The van der Waals surface area contributed by atoms with Crippen molar-refractivity contribution < 1.29 is 9.84 Å². The first-order valence-electron chi connectivity index (χ1n) is 2.78. The van der Waals surface area contributed by atoms with Crippen LogP contribution < -0.4 is 0 Å². The van der Waals surface area contributed by atoms with Gasteiger partial charge in [-0.2, -0.15) is 0 Å². The van der Waals surface area contributed by atoms with Crippen molar-refractivity contribution in [1.82, 2.24) is 0 Å². The smallest absolute Gasteiger partial charge is 0.114 e. The predicted octanol–water partition coefficient (Wildman–Crippen LogP) is 1.14. The van der Waals surface area contributed by atoms with E-state index in [9.17, 15) is 0 Å². The second-order valence-electron chi connectivity index (χ2n) is 1.61. The Balaban J connectivity index is 3.06. The summed E-state index contributed by atoms with van der Waals surface area (Å²) in [6, 6.07) is 0. The Morgan fingerprint density at radius 1 is 1.78 bits per heavy atom. The van der Waals surface area contributed by atoms with E-state index in [1.165, 1.54) is 6.26 Å². The van der Waals surface area contributed by atoms with E-state index in [1.807, 2.05) is 6.92 Å². The number of rotatable bonds is 4. The molecule has 0 amide bonds. The summed E-state index contributed by atoms with van der Waals surface area (Å²) in [5.41, 5.74) is 0. The van der Waals surface area contributed by atoms with E-state index in [1.54, 1.807) is 6.08 Å². The standard InChI is InChI=1S/C6H11ClO2/c1-2-3-9-5-6(8)4-7/h2-3,6,8H,4-5H2,1H3/b3-2+. The third-order valence-corrected chi connectivity index (χ3v) is 1.06. The highest BCUT2D eigenvalue weighted by Gasteiger charge is 1.98. The quantitative estimate of drug-likeness (QED) is 0.481. The molecular formula is C6H11ClO2. The minimum absolute atomic E-state index is 0.220. The van der Waals surface area contributed by atoms with Crippen molar-refractivity contribution in [2.24, 2.45) is 0 Å². The number of alkyl halides is 1. The number of allylic oxidation sites excluding steroid dienone is 1. The Bertz CT molecular complexity index is 83.1. The fraction of sp³-hybridized carbons (Fsp3) is 0.667. The van der Waals surface area contributed by atoms with Gasteiger partial charge in [-0.1, -0.05) is 6.08 Å². The maximum Gasteiger partial charge on any atom is 0.114 e. The molecule has 0 rings (SSSR count). The van der Waals surface area contributed by atoms with Crippen LogP contribution in [0.1, 0.15) is 6.92 Å². The normalized spacial score (nSPS) is 14.1. The van der Waals surface area contributed by atoms with E-state index < -0.39 is 6.10 Å². The van der Waals surface area contributed by atoms with Gasteiger partial charge in [0.15, 0.2) is 0 Å². The Hall–Kier alpha value is -0.210. The zero-order valence-electron chi connectivity index (χ0n) is 5.38. The van der Waals surface area contributed by atoms with Gasteiger partial charge in [-0.05, 0) is 6.92 Å². The number of aliphatic hydroxyl groups is 1.